The molecule has 60 valence electrons. The molecule has 12 heavy (non-hydrogen) atoms. The van der Waals surface area contributed by atoms with Crippen molar-refractivity contribution < 1.29 is 4.73 Å². The van der Waals surface area contributed by atoms with Crippen molar-refractivity contribution in [3.8, 4) is 0 Å². The second kappa shape index (κ2) is 2.37. The summed E-state index contributed by atoms with van der Waals surface area (Å²) in [6.07, 6.45) is 1.46. The molecule has 0 aliphatic heterocycles. The van der Waals surface area contributed by atoms with Gasteiger partial charge in [-0.25, -0.2) is 0 Å². The number of benzene rings is 1. The minimum atomic E-state index is 0.609. The van der Waals surface area contributed by atoms with Crippen LogP contribution in [0.2, 0.25) is 0 Å². The molecule has 3 nitrogen and oxygen atoms in total. The monoisotopic (exact) mass is 160 g/mol. The van der Waals surface area contributed by atoms with Gasteiger partial charge in [0, 0.05) is 23.2 Å². The van der Waals surface area contributed by atoms with Gasteiger partial charge in [0.2, 0.25) is 5.52 Å². The lowest BCUT2D eigenvalue weighted by Crippen LogP contribution is -2.25. The van der Waals surface area contributed by atoms with E-state index in [0.717, 1.165) is 10.1 Å². The number of nitrogens with zero attached hydrogens (tertiary/aromatic N) is 1. The van der Waals surface area contributed by atoms with Crippen LogP contribution in [0.1, 0.15) is 0 Å². The van der Waals surface area contributed by atoms with Gasteiger partial charge >= 0.3 is 0 Å². The van der Waals surface area contributed by atoms with Gasteiger partial charge in [0.15, 0.2) is 6.20 Å². The molecular formula is C9H8N2O. The van der Waals surface area contributed by atoms with Crippen molar-refractivity contribution in [2.24, 2.45) is 0 Å². The minimum Gasteiger partial charge on any atom is -0.618 e. The normalized spacial score (nSPS) is 10.3. The average Bonchev–Trinajstić information content (AvgIpc) is 2.07. The molecule has 2 N–H and O–H groups in total. The van der Waals surface area contributed by atoms with Crippen LogP contribution in [0.3, 0.4) is 0 Å². The number of aromatic nitrogens is 1. The summed E-state index contributed by atoms with van der Waals surface area (Å²) in [6.45, 7) is 0. The second-order valence-electron chi connectivity index (χ2n) is 2.65. The Balaban J connectivity index is 2.88. The van der Waals surface area contributed by atoms with E-state index in [1.54, 1.807) is 18.2 Å². The molecule has 3 heteroatoms. The maximum atomic E-state index is 11.2. The number of nitrogens with two attached hydrogens (primary N) is 1. The average molecular weight is 160 g/mol. The van der Waals surface area contributed by atoms with Crippen molar-refractivity contribution in [2.45, 2.75) is 0 Å². The van der Waals surface area contributed by atoms with Gasteiger partial charge in [0.25, 0.3) is 0 Å². The number of pyridine rings is 1. The van der Waals surface area contributed by atoms with Crippen molar-refractivity contribution in [3.63, 3.8) is 0 Å². The number of nitrogen functional groups attached to an aromatic ring is 1. The molecule has 1 aromatic carbocycles. The molecule has 0 spiro atoms. The highest BCUT2D eigenvalue weighted by Crippen LogP contribution is 2.12. The van der Waals surface area contributed by atoms with Crippen LogP contribution >= 0.6 is 0 Å². The molecule has 1 heterocycles. The largest absolute Gasteiger partial charge is 0.618 e. The molecule has 0 unspecified atom stereocenters. The van der Waals surface area contributed by atoms with E-state index in [9.17, 15) is 5.21 Å². The van der Waals surface area contributed by atoms with E-state index in [2.05, 4.69) is 0 Å². The van der Waals surface area contributed by atoms with Gasteiger partial charge in [0.05, 0.1) is 0 Å². The molecule has 0 bridgehead atoms. The molecule has 1 aromatic heterocycles. The van der Waals surface area contributed by atoms with Gasteiger partial charge in [-0.3, -0.25) is 0 Å². The Bertz CT molecular complexity index is 426. The third kappa shape index (κ3) is 0.955. The number of fused-ring (bicyclic) bond motifs is 1. The zero-order chi connectivity index (χ0) is 8.55. The van der Waals surface area contributed by atoms with Gasteiger partial charge in [-0.05, 0) is 18.2 Å². The van der Waals surface area contributed by atoms with Crippen LogP contribution in [0.4, 0.5) is 5.69 Å². The first-order valence-corrected chi connectivity index (χ1v) is 3.65. The summed E-state index contributed by atoms with van der Waals surface area (Å²) in [5.41, 5.74) is 6.76. The van der Waals surface area contributed by atoms with E-state index in [0.29, 0.717) is 11.2 Å². The van der Waals surface area contributed by atoms with Gasteiger partial charge < -0.3 is 10.9 Å². The molecule has 0 amide bonds. The highest BCUT2D eigenvalue weighted by atomic mass is 16.5. The zero-order valence-corrected chi connectivity index (χ0v) is 6.40. The quantitative estimate of drug-likeness (QED) is 0.356. The third-order valence-electron chi connectivity index (χ3n) is 1.79. The summed E-state index contributed by atoms with van der Waals surface area (Å²) in [5, 5.41) is 12.1. The second-order valence-corrected chi connectivity index (χ2v) is 2.65. The minimum absolute atomic E-state index is 0.609. The van der Waals surface area contributed by atoms with Crippen LogP contribution in [0.25, 0.3) is 10.9 Å². The van der Waals surface area contributed by atoms with Crippen LogP contribution in [0.5, 0.6) is 0 Å². The fourth-order valence-electron chi connectivity index (χ4n) is 1.20. The maximum absolute atomic E-state index is 11.2. The summed E-state index contributed by atoms with van der Waals surface area (Å²) in [6, 6.07) is 8.87. The van der Waals surface area contributed by atoms with E-state index in [-0.39, 0.29) is 0 Å². The van der Waals surface area contributed by atoms with Crippen LogP contribution in [0, 0.1) is 5.21 Å². The van der Waals surface area contributed by atoms with Crippen molar-refractivity contribution in [1.82, 2.24) is 0 Å². The van der Waals surface area contributed by atoms with E-state index in [1.165, 1.54) is 6.20 Å². The molecule has 0 radical (unpaired) electrons. The fraction of sp³-hybridized carbons (Fsp3) is 0. The van der Waals surface area contributed by atoms with Crippen LogP contribution in [0.15, 0.2) is 36.5 Å². The maximum Gasteiger partial charge on any atom is 0.225 e. The van der Waals surface area contributed by atoms with Gasteiger partial charge in [-0.1, -0.05) is 0 Å². The van der Waals surface area contributed by atoms with Gasteiger partial charge in [-0.2, -0.15) is 4.73 Å². The number of hydrogen-bond acceptors (Lipinski definition) is 2. The Kier molecular flexibility index (Phi) is 1.37. The SMILES string of the molecule is Nc1ccc2ccc[n+]([O-])c2c1. The van der Waals surface area contributed by atoms with Gasteiger partial charge in [0.1, 0.15) is 0 Å². The lowest BCUT2D eigenvalue weighted by molar-refractivity contribution is -0.576. The zero-order valence-electron chi connectivity index (χ0n) is 6.40. The van der Waals surface area contributed by atoms with Gasteiger partial charge in [-0.15, -0.1) is 0 Å². The topological polar surface area (TPSA) is 53.0 Å². The predicted molar refractivity (Wildman–Crippen MR) is 47.3 cm³/mol. The van der Waals surface area contributed by atoms with E-state index >= 15 is 0 Å². The Labute approximate surface area is 69.6 Å². The van der Waals surface area contributed by atoms with E-state index in [4.69, 9.17) is 5.73 Å². The number of hydrogen-bond donors (Lipinski definition) is 1. The highest BCUT2D eigenvalue weighted by molar-refractivity contribution is 5.78. The highest BCUT2D eigenvalue weighted by Gasteiger charge is 2.01. The first kappa shape index (κ1) is 6.91. The van der Waals surface area contributed by atoms with Crippen LogP contribution in [-0.2, 0) is 0 Å². The summed E-state index contributed by atoms with van der Waals surface area (Å²) in [4.78, 5) is 0. The first-order valence-electron chi connectivity index (χ1n) is 3.65. The molecule has 0 aliphatic rings. The smallest absolute Gasteiger partial charge is 0.225 e. The van der Waals surface area contributed by atoms with E-state index in [1.807, 2.05) is 12.1 Å². The molecule has 0 saturated heterocycles. The molecule has 0 atom stereocenters. The predicted octanol–water partition coefficient (Wildman–Crippen LogP) is 1.06. The van der Waals surface area contributed by atoms with Crippen molar-refractivity contribution >= 4 is 16.6 Å². The Morgan fingerprint density at radius 2 is 2.08 bits per heavy atom. The summed E-state index contributed by atoms with van der Waals surface area (Å²) < 4.78 is 0.811. The molecule has 2 rings (SSSR count). The standard InChI is InChI=1S/C9H8N2O/c10-8-4-3-7-2-1-5-11(12)9(7)6-8/h1-6H,10H2. The van der Waals surface area contributed by atoms with Crippen LogP contribution in [-0.4, -0.2) is 0 Å². The Morgan fingerprint density at radius 3 is 2.92 bits per heavy atom. The lowest BCUT2D eigenvalue weighted by atomic mass is 10.2. The number of rotatable bonds is 0. The molecule has 0 aliphatic carbocycles. The molecule has 0 fully saturated rings. The first-order chi connectivity index (χ1) is 5.77. The Hall–Kier alpha value is -1.77. The van der Waals surface area contributed by atoms with Crippen molar-refractivity contribution in [2.75, 3.05) is 5.73 Å². The summed E-state index contributed by atoms with van der Waals surface area (Å²) >= 11 is 0. The molecule has 0 saturated carbocycles. The van der Waals surface area contributed by atoms with Crippen molar-refractivity contribution in [3.05, 3.63) is 41.7 Å². The lowest BCUT2D eigenvalue weighted by Gasteiger charge is -2.00. The summed E-state index contributed by atoms with van der Waals surface area (Å²) in [7, 11) is 0. The fourth-order valence-corrected chi connectivity index (χ4v) is 1.20. The Morgan fingerprint density at radius 1 is 1.25 bits per heavy atom. The van der Waals surface area contributed by atoms with E-state index < -0.39 is 0 Å². The number of anilines is 1. The molecular weight excluding hydrogens is 152 g/mol. The van der Waals surface area contributed by atoms with Crippen molar-refractivity contribution in [1.29, 1.82) is 0 Å². The molecule has 2 aromatic rings. The third-order valence-corrected chi connectivity index (χ3v) is 1.79. The van der Waals surface area contributed by atoms with Crippen LogP contribution < -0.4 is 10.5 Å². The summed E-state index contributed by atoms with van der Waals surface area (Å²) in [5.74, 6) is 0.